The summed E-state index contributed by atoms with van der Waals surface area (Å²) in [6, 6.07) is 0. The summed E-state index contributed by atoms with van der Waals surface area (Å²) >= 11 is 1.73. The van der Waals surface area contributed by atoms with Gasteiger partial charge in [0.15, 0.2) is 5.13 Å². The van der Waals surface area contributed by atoms with Crippen molar-refractivity contribution in [2.75, 3.05) is 38.8 Å². The number of ether oxygens (including phenoxy) is 1. The maximum absolute atomic E-state index is 5.38. The minimum absolute atomic E-state index is 0.755. The summed E-state index contributed by atoms with van der Waals surface area (Å²) in [5, 5.41) is 6.38. The maximum atomic E-state index is 5.38. The number of anilines is 1. The van der Waals surface area contributed by atoms with Gasteiger partial charge in [0.2, 0.25) is 0 Å². The topological polar surface area (TPSA) is 37.4 Å². The Morgan fingerprint density at radius 3 is 3.00 bits per heavy atom. The van der Waals surface area contributed by atoms with Crippen LogP contribution in [0.25, 0.3) is 0 Å². The summed E-state index contributed by atoms with van der Waals surface area (Å²) in [5.41, 5.74) is 1.13. The third kappa shape index (κ3) is 3.66. The van der Waals surface area contributed by atoms with Crippen LogP contribution in [-0.2, 0) is 11.3 Å². The van der Waals surface area contributed by atoms with Gasteiger partial charge in [-0.15, -0.1) is 11.3 Å². The molecule has 0 bridgehead atoms. The van der Waals surface area contributed by atoms with Crippen molar-refractivity contribution in [2.24, 2.45) is 5.92 Å². The highest BCUT2D eigenvalue weighted by molar-refractivity contribution is 7.13. The lowest BCUT2D eigenvalue weighted by molar-refractivity contribution is 0.0685. The van der Waals surface area contributed by atoms with E-state index in [4.69, 9.17) is 4.74 Å². The average molecular weight is 255 g/mol. The lowest BCUT2D eigenvalue weighted by Gasteiger charge is -2.26. The molecule has 0 unspecified atom stereocenters. The zero-order valence-electron chi connectivity index (χ0n) is 10.6. The zero-order valence-corrected chi connectivity index (χ0v) is 11.4. The van der Waals surface area contributed by atoms with Gasteiger partial charge in [-0.1, -0.05) is 0 Å². The molecule has 0 spiro atoms. The monoisotopic (exact) mass is 255 g/mol. The van der Waals surface area contributed by atoms with Crippen molar-refractivity contribution in [1.82, 2.24) is 10.3 Å². The molecule has 5 heteroatoms. The third-order valence-corrected chi connectivity index (χ3v) is 4.10. The molecular formula is C12H21N3OS. The molecule has 4 nitrogen and oxygen atoms in total. The van der Waals surface area contributed by atoms with E-state index in [1.165, 1.54) is 12.8 Å². The summed E-state index contributed by atoms with van der Waals surface area (Å²) < 4.78 is 5.38. The first-order valence-electron chi connectivity index (χ1n) is 6.17. The Morgan fingerprint density at radius 2 is 2.29 bits per heavy atom. The van der Waals surface area contributed by atoms with Crippen LogP contribution in [0.2, 0.25) is 0 Å². The predicted octanol–water partition coefficient (Wildman–Crippen LogP) is 1.73. The molecule has 96 valence electrons. The van der Waals surface area contributed by atoms with Crippen LogP contribution in [0.15, 0.2) is 5.38 Å². The molecule has 0 aliphatic carbocycles. The van der Waals surface area contributed by atoms with E-state index in [-0.39, 0.29) is 0 Å². The molecule has 1 fully saturated rings. The molecule has 1 aliphatic rings. The number of hydrogen-bond donors (Lipinski definition) is 1. The molecule has 1 aliphatic heterocycles. The third-order valence-electron chi connectivity index (χ3n) is 3.10. The van der Waals surface area contributed by atoms with Crippen molar-refractivity contribution in [3.05, 3.63) is 11.1 Å². The fourth-order valence-electron chi connectivity index (χ4n) is 2.13. The van der Waals surface area contributed by atoms with E-state index in [0.29, 0.717) is 0 Å². The Bertz CT molecular complexity index is 336. The first kappa shape index (κ1) is 12.8. The fraction of sp³-hybridized carbons (Fsp3) is 0.750. The van der Waals surface area contributed by atoms with Crippen LogP contribution in [0.1, 0.15) is 18.5 Å². The number of rotatable bonds is 5. The summed E-state index contributed by atoms with van der Waals surface area (Å²) in [7, 11) is 4.09. The molecule has 17 heavy (non-hydrogen) atoms. The smallest absolute Gasteiger partial charge is 0.185 e. The number of nitrogens with one attached hydrogen (secondary N) is 1. The van der Waals surface area contributed by atoms with Crippen LogP contribution in [-0.4, -0.2) is 38.8 Å². The fourth-order valence-corrected chi connectivity index (χ4v) is 2.93. The van der Waals surface area contributed by atoms with Gasteiger partial charge in [0.05, 0.1) is 5.69 Å². The molecule has 1 aromatic rings. The Hall–Kier alpha value is -0.650. The molecule has 0 amide bonds. The van der Waals surface area contributed by atoms with Crippen molar-refractivity contribution in [2.45, 2.75) is 19.4 Å². The Morgan fingerprint density at radius 1 is 1.53 bits per heavy atom. The van der Waals surface area contributed by atoms with Gasteiger partial charge < -0.3 is 15.0 Å². The van der Waals surface area contributed by atoms with E-state index in [9.17, 15) is 0 Å². The van der Waals surface area contributed by atoms with Crippen molar-refractivity contribution in [1.29, 1.82) is 0 Å². The van der Waals surface area contributed by atoms with E-state index >= 15 is 0 Å². The highest BCUT2D eigenvalue weighted by Crippen LogP contribution is 2.23. The quantitative estimate of drug-likeness (QED) is 0.869. The molecule has 2 rings (SSSR count). The first-order chi connectivity index (χ1) is 8.29. The summed E-state index contributed by atoms with van der Waals surface area (Å²) in [4.78, 5) is 6.89. The van der Waals surface area contributed by atoms with Crippen LogP contribution >= 0.6 is 11.3 Å². The minimum atomic E-state index is 0.755. The lowest BCUT2D eigenvalue weighted by Crippen LogP contribution is -2.29. The molecule has 0 atom stereocenters. The highest BCUT2D eigenvalue weighted by atomic mass is 32.1. The highest BCUT2D eigenvalue weighted by Gasteiger charge is 2.17. The van der Waals surface area contributed by atoms with Gasteiger partial charge in [0, 0.05) is 38.7 Å². The number of aromatic nitrogens is 1. The molecular weight excluding hydrogens is 234 g/mol. The second kappa shape index (κ2) is 6.33. The zero-order chi connectivity index (χ0) is 12.1. The normalized spacial score (nSPS) is 17.3. The molecule has 1 saturated heterocycles. The first-order valence-corrected chi connectivity index (χ1v) is 7.05. The average Bonchev–Trinajstić information content (AvgIpc) is 2.79. The maximum Gasteiger partial charge on any atom is 0.185 e. The Kier molecular flexibility index (Phi) is 4.76. The largest absolute Gasteiger partial charge is 0.381 e. The SMILES string of the molecule is CNCc1csc(N(C)CC2CCOCC2)n1. The molecule has 1 aromatic heterocycles. The molecule has 0 aromatic carbocycles. The standard InChI is InChI=1S/C12H21N3OS/c1-13-7-11-9-17-12(14-11)15(2)8-10-3-5-16-6-4-10/h9-10,13H,3-8H2,1-2H3. The van der Waals surface area contributed by atoms with Gasteiger partial charge in [-0.05, 0) is 25.8 Å². The van der Waals surface area contributed by atoms with Gasteiger partial charge in [0.25, 0.3) is 0 Å². The van der Waals surface area contributed by atoms with Crippen molar-refractivity contribution in [3.8, 4) is 0 Å². The number of thiazole rings is 1. The summed E-state index contributed by atoms with van der Waals surface area (Å²) in [5.74, 6) is 0.755. The van der Waals surface area contributed by atoms with Crippen molar-refractivity contribution < 1.29 is 4.74 Å². The van der Waals surface area contributed by atoms with E-state index in [2.05, 4.69) is 27.6 Å². The van der Waals surface area contributed by atoms with E-state index < -0.39 is 0 Å². The van der Waals surface area contributed by atoms with Gasteiger partial charge in [-0.25, -0.2) is 4.98 Å². The van der Waals surface area contributed by atoms with Crippen LogP contribution in [0.4, 0.5) is 5.13 Å². The minimum Gasteiger partial charge on any atom is -0.381 e. The molecule has 2 heterocycles. The second-order valence-electron chi connectivity index (χ2n) is 4.59. The predicted molar refractivity (Wildman–Crippen MR) is 71.7 cm³/mol. The second-order valence-corrected chi connectivity index (χ2v) is 5.42. The van der Waals surface area contributed by atoms with Gasteiger partial charge in [-0.3, -0.25) is 0 Å². The molecule has 0 radical (unpaired) electrons. The Balaban J connectivity index is 1.86. The number of nitrogens with zero attached hydrogens (tertiary/aromatic N) is 2. The van der Waals surface area contributed by atoms with Crippen LogP contribution in [0.5, 0.6) is 0 Å². The molecule has 1 N–H and O–H groups in total. The Labute approximate surface area is 107 Å². The van der Waals surface area contributed by atoms with Crippen LogP contribution in [0.3, 0.4) is 0 Å². The van der Waals surface area contributed by atoms with Gasteiger partial charge >= 0.3 is 0 Å². The summed E-state index contributed by atoms with van der Waals surface area (Å²) in [6.07, 6.45) is 2.36. The number of hydrogen-bond acceptors (Lipinski definition) is 5. The summed E-state index contributed by atoms with van der Waals surface area (Å²) in [6.45, 7) is 3.78. The van der Waals surface area contributed by atoms with Gasteiger partial charge in [-0.2, -0.15) is 0 Å². The van der Waals surface area contributed by atoms with Crippen LogP contribution < -0.4 is 10.2 Å². The van der Waals surface area contributed by atoms with E-state index in [0.717, 1.165) is 43.0 Å². The lowest BCUT2D eigenvalue weighted by atomic mass is 10.0. The van der Waals surface area contributed by atoms with Crippen molar-refractivity contribution >= 4 is 16.5 Å². The van der Waals surface area contributed by atoms with E-state index in [1.54, 1.807) is 11.3 Å². The van der Waals surface area contributed by atoms with E-state index in [1.807, 2.05) is 7.05 Å². The van der Waals surface area contributed by atoms with Crippen molar-refractivity contribution in [3.63, 3.8) is 0 Å². The van der Waals surface area contributed by atoms with Gasteiger partial charge in [0.1, 0.15) is 0 Å². The van der Waals surface area contributed by atoms with Crippen LogP contribution in [0, 0.1) is 5.92 Å². The molecule has 0 saturated carbocycles.